The van der Waals surface area contributed by atoms with Crippen LogP contribution in [0.3, 0.4) is 0 Å². The van der Waals surface area contributed by atoms with Crippen LogP contribution in [-0.4, -0.2) is 64.6 Å². The van der Waals surface area contributed by atoms with Gasteiger partial charge in [-0.3, -0.25) is 4.90 Å². The maximum absolute atomic E-state index is 12.2. The number of amides is 1. The fourth-order valence-electron chi connectivity index (χ4n) is 1.96. The van der Waals surface area contributed by atoms with Gasteiger partial charge >= 0.3 is 12.2 Å². The topological polar surface area (TPSA) is 82.9 Å². The molecule has 1 aliphatic heterocycles. The van der Waals surface area contributed by atoms with Crippen molar-refractivity contribution in [3.8, 4) is 0 Å². The molecule has 1 aliphatic rings. The number of morpholine rings is 1. The van der Waals surface area contributed by atoms with Gasteiger partial charge in [-0.2, -0.15) is 0 Å². The monoisotopic (exact) mass is 311 g/mol. The van der Waals surface area contributed by atoms with Gasteiger partial charge in [0.05, 0.1) is 19.3 Å². The molecular formula is C14H21N3O5. The van der Waals surface area contributed by atoms with Gasteiger partial charge in [-0.05, 0) is 20.8 Å². The molecule has 2 heterocycles. The highest BCUT2D eigenvalue weighted by Gasteiger charge is 2.32. The summed E-state index contributed by atoms with van der Waals surface area (Å²) in [5.41, 5.74) is -0.576. The Hall–Kier alpha value is -2.09. The Labute approximate surface area is 129 Å². The Balaban J connectivity index is 1.92. The molecule has 1 saturated heterocycles. The molecule has 0 unspecified atom stereocenters. The van der Waals surface area contributed by atoms with Crippen molar-refractivity contribution in [1.82, 2.24) is 14.5 Å². The molecule has 1 aromatic heterocycles. The fourth-order valence-corrected chi connectivity index (χ4v) is 1.96. The summed E-state index contributed by atoms with van der Waals surface area (Å²) in [5.74, 6) is 0. The zero-order valence-corrected chi connectivity index (χ0v) is 13.0. The van der Waals surface area contributed by atoms with Crippen molar-refractivity contribution in [3.05, 3.63) is 18.7 Å². The minimum atomic E-state index is -0.576. The van der Waals surface area contributed by atoms with E-state index in [0.717, 1.165) is 0 Å². The molecule has 1 amide bonds. The van der Waals surface area contributed by atoms with E-state index in [0.29, 0.717) is 19.8 Å². The van der Waals surface area contributed by atoms with E-state index >= 15 is 0 Å². The van der Waals surface area contributed by atoms with Gasteiger partial charge in [-0.25, -0.2) is 19.1 Å². The number of carbonyl (C=O) groups is 2. The first-order valence-corrected chi connectivity index (χ1v) is 7.09. The van der Waals surface area contributed by atoms with Gasteiger partial charge in [0.1, 0.15) is 18.5 Å². The SMILES string of the molecule is CC(C)(C)OC(=O)N1CCOC[C@H]1COC(=O)n1ccnc1. The summed E-state index contributed by atoms with van der Waals surface area (Å²) >= 11 is 0. The minimum Gasteiger partial charge on any atom is -0.447 e. The third kappa shape index (κ3) is 4.45. The molecule has 22 heavy (non-hydrogen) atoms. The number of hydrogen-bond acceptors (Lipinski definition) is 6. The van der Waals surface area contributed by atoms with Gasteiger partial charge in [0.15, 0.2) is 0 Å². The summed E-state index contributed by atoms with van der Waals surface area (Å²) in [6.07, 6.45) is 3.35. The largest absolute Gasteiger partial charge is 0.447 e. The van der Waals surface area contributed by atoms with Crippen molar-refractivity contribution in [2.24, 2.45) is 0 Å². The average molecular weight is 311 g/mol. The van der Waals surface area contributed by atoms with E-state index in [1.807, 2.05) is 0 Å². The first-order chi connectivity index (χ1) is 10.4. The van der Waals surface area contributed by atoms with Crippen LogP contribution in [0, 0.1) is 0 Å². The van der Waals surface area contributed by atoms with Crippen LogP contribution >= 0.6 is 0 Å². The van der Waals surface area contributed by atoms with Crippen LogP contribution in [0.4, 0.5) is 9.59 Å². The number of rotatable bonds is 2. The van der Waals surface area contributed by atoms with Crippen LogP contribution in [-0.2, 0) is 14.2 Å². The van der Waals surface area contributed by atoms with Crippen LogP contribution in [0.2, 0.25) is 0 Å². The Morgan fingerprint density at radius 2 is 2.14 bits per heavy atom. The van der Waals surface area contributed by atoms with Crippen molar-refractivity contribution in [3.63, 3.8) is 0 Å². The molecule has 8 heteroatoms. The van der Waals surface area contributed by atoms with E-state index in [2.05, 4.69) is 4.98 Å². The molecule has 0 aliphatic carbocycles. The summed E-state index contributed by atoms with van der Waals surface area (Å²) in [4.78, 5) is 29.3. The van der Waals surface area contributed by atoms with E-state index in [1.165, 1.54) is 28.2 Å². The first kappa shape index (κ1) is 16.3. The number of imidazole rings is 1. The van der Waals surface area contributed by atoms with E-state index in [4.69, 9.17) is 14.2 Å². The lowest BCUT2D eigenvalue weighted by atomic mass is 10.2. The summed E-state index contributed by atoms with van der Waals surface area (Å²) in [6.45, 7) is 6.60. The number of aromatic nitrogens is 2. The Morgan fingerprint density at radius 1 is 1.36 bits per heavy atom. The van der Waals surface area contributed by atoms with Crippen molar-refractivity contribution < 1.29 is 23.8 Å². The van der Waals surface area contributed by atoms with Crippen LogP contribution in [0.1, 0.15) is 20.8 Å². The molecule has 0 radical (unpaired) electrons. The zero-order valence-electron chi connectivity index (χ0n) is 13.0. The van der Waals surface area contributed by atoms with Crippen molar-refractivity contribution in [2.75, 3.05) is 26.4 Å². The number of hydrogen-bond donors (Lipinski definition) is 0. The molecule has 0 aromatic carbocycles. The molecule has 2 rings (SSSR count). The van der Waals surface area contributed by atoms with E-state index in [-0.39, 0.29) is 12.6 Å². The van der Waals surface area contributed by atoms with E-state index < -0.39 is 17.8 Å². The molecule has 1 aromatic rings. The standard InChI is InChI=1S/C14H21N3O5/c1-14(2,3)22-13(19)17-6-7-20-8-11(17)9-21-12(18)16-5-4-15-10-16/h4-5,10-11H,6-9H2,1-3H3/t11-/m0/s1. The minimum absolute atomic E-state index is 0.0380. The Bertz CT molecular complexity index is 509. The second-order valence-electron chi connectivity index (χ2n) is 5.95. The summed E-state index contributed by atoms with van der Waals surface area (Å²) in [6, 6.07) is -0.365. The second kappa shape index (κ2) is 6.78. The fraction of sp³-hybridized carbons (Fsp3) is 0.643. The van der Waals surface area contributed by atoms with Gasteiger partial charge in [0.2, 0.25) is 0 Å². The maximum Gasteiger partial charge on any atom is 0.419 e. The first-order valence-electron chi connectivity index (χ1n) is 7.09. The van der Waals surface area contributed by atoms with Crippen LogP contribution in [0.25, 0.3) is 0 Å². The van der Waals surface area contributed by atoms with Gasteiger partial charge < -0.3 is 14.2 Å². The molecule has 0 bridgehead atoms. The lowest BCUT2D eigenvalue weighted by molar-refractivity contribution is -0.0460. The maximum atomic E-state index is 12.2. The van der Waals surface area contributed by atoms with Gasteiger partial charge in [0.25, 0.3) is 0 Å². The van der Waals surface area contributed by atoms with Gasteiger partial charge in [-0.15, -0.1) is 0 Å². The smallest absolute Gasteiger partial charge is 0.419 e. The van der Waals surface area contributed by atoms with Crippen LogP contribution < -0.4 is 0 Å². The number of nitrogens with zero attached hydrogens (tertiary/aromatic N) is 3. The quantitative estimate of drug-likeness (QED) is 0.823. The average Bonchev–Trinajstić information content (AvgIpc) is 2.97. The predicted octanol–water partition coefficient (Wildman–Crippen LogP) is 1.50. The third-order valence-corrected chi connectivity index (χ3v) is 2.97. The highest BCUT2D eigenvalue weighted by atomic mass is 16.6. The van der Waals surface area contributed by atoms with Gasteiger partial charge in [-0.1, -0.05) is 0 Å². The van der Waals surface area contributed by atoms with E-state index in [9.17, 15) is 9.59 Å². The lowest BCUT2D eigenvalue weighted by Crippen LogP contribution is -2.52. The normalized spacial score (nSPS) is 18.9. The number of ether oxygens (including phenoxy) is 3. The van der Waals surface area contributed by atoms with E-state index in [1.54, 1.807) is 20.8 Å². The summed E-state index contributed by atoms with van der Waals surface area (Å²) in [7, 11) is 0. The lowest BCUT2D eigenvalue weighted by Gasteiger charge is -2.36. The van der Waals surface area contributed by atoms with Crippen LogP contribution in [0.15, 0.2) is 18.7 Å². The van der Waals surface area contributed by atoms with Gasteiger partial charge in [0, 0.05) is 18.9 Å². The third-order valence-electron chi connectivity index (χ3n) is 2.97. The number of carbonyl (C=O) groups excluding carboxylic acids is 2. The van der Waals surface area contributed by atoms with Crippen molar-refractivity contribution >= 4 is 12.2 Å². The summed E-state index contributed by atoms with van der Waals surface area (Å²) < 4.78 is 17.1. The molecule has 0 saturated carbocycles. The van der Waals surface area contributed by atoms with Crippen LogP contribution in [0.5, 0.6) is 0 Å². The Morgan fingerprint density at radius 3 is 2.77 bits per heavy atom. The highest BCUT2D eigenvalue weighted by molar-refractivity contribution is 5.70. The molecule has 1 fully saturated rings. The molecule has 0 spiro atoms. The van der Waals surface area contributed by atoms with Crippen molar-refractivity contribution in [2.45, 2.75) is 32.4 Å². The molecule has 122 valence electrons. The predicted molar refractivity (Wildman–Crippen MR) is 76.5 cm³/mol. The second-order valence-corrected chi connectivity index (χ2v) is 5.95. The molecular weight excluding hydrogens is 290 g/mol. The summed E-state index contributed by atoms with van der Waals surface area (Å²) in [5, 5.41) is 0. The molecule has 8 nitrogen and oxygen atoms in total. The Kier molecular flexibility index (Phi) is 5.02. The van der Waals surface area contributed by atoms with Crippen molar-refractivity contribution in [1.29, 1.82) is 0 Å². The molecule has 0 N–H and O–H groups in total. The zero-order chi connectivity index (χ0) is 16.2. The molecule has 1 atom stereocenters. The highest BCUT2D eigenvalue weighted by Crippen LogP contribution is 2.15.